The van der Waals surface area contributed by atoms with Gasteiger partial charge < -0.3 is 18.9 Å². The quantitative estimate of drug-likeness (QED) is 0.526. The van der Waals surface area contributed by atoms with Gasteiger partial charge >= 0.3 is 6.09 Å². The first-order valence-corrected chi connectivity index (χ1v) is 9.11. The zero-order valence-electron chi connectivity index (χ0n) is 15.3. The van der Waals surface area contributed by atoms with Gasteiger partial charge in [0.1, 0.15) is 6.61 Å². The van der Waals surface area contributed by atoms with Gasteiger partial charge in [-0.3, -0.25) is 4.90 Å². The molecule has 3 rings (SSSR count). The average Bonchev–Trinajstić information content (AvgIpc) is 2.66. The smallest absolute Gasteiger partial charge is 0.411 e. The van der Waals surface area contributed by atoms with Gasteiger partial charge in [0.25, 0.3) is 0 Å². The van der Waals surface area contributed by atoms with Crippen molar-refractivity contribution >= 4 is 6.09 Å². The Morgan fingerprint density at radius 3 is 2.81 bits per heavy atom. The van der Waals surface area contributed by atoms with Crippen molar-refractivity contribution in [1.29, 1.82) is 0 Å². The SMILES string of the molecule is COCCOCCC1=CC2COCC(C1)N2C(=O)OCc1ccccc1. The molecule has 1 aromatic rings. The number of amides is 1. The van der Waals surface area contributed by atoms with Crippen LogP contribution in [0.2, 0.25) is 0 Å². The predicted octanol–water partition coefficient (Wildman–Crippen LogP) is 2.78. The van der Waals surface area contributed by atoms with Crippen LogP contribution in [0.3, 0.4) is 0 Å². The highest BCUT2D eigenvalue weighted by molar-refractivity contribution is 5.69. The summed E-state index contributed by atoms with van der Waals surface area (Å²) in [7, 11) is 1.67. The van der Waals surface area contributed by atoms with Crippen LogP contribution in [0.15, 0.2) is 42.0 Å². The molecular formula is C20H27NO5. The standard InChI is InChI=1S/C20H27NO5/c1-23-9-10-24-8-7-17-11-18-14-25-15-19(12-17)21(18)20(22)26-13-16-5-3-2-4-6-16/h2-6,11,18-19H,7-10,12-15H2,1H3. The summed E-state index contributed by atoms with van der Waals surface area (Å²) < 4.78 is 21.7. The van der Waals surface area contributed by atoms with Crippen LogP contribution in [0.4, 0.5) is 4.79 Å². The minimum absolute atomic E-state index is 0.0380. The zero-order chi connectivity index (χ0) is 18.2. The summed E-state index contributed by atoms with van der Waals surface area (Å²) in [6.45, 7) is 3.26. The van der Waals surface area contributed by atoms with E-state index in [4.69, 9.17) is 18.9 Å². The molecule has 2 aliphatic heterocycles. The van der Waals surface area contributed by atoms with Crippen molar-refractivity contribution < 1.29 is 23.7 Å². The molecule has 2 aliphatic rings. The van der Waals surface area contributed by atoms with Crippen LogP contribution in [0.25, 0.3) is 0 Å². The third-order valence-corrected chi connectivity index (χ3v) is 4.69. The van der Waals surface area contributed by atoms with Crippen LogP contribution in [0, 0.1) is 0 Å². The number of hydrogen-bond donors (Lipinski definition) is 0. The number of nitrogens with zero attached hydrogens (tertiary/aromatic N) is 1. The molecule has 6 heteroatoms. The third-order valence-electron chi connectivity index (χ3n) is 4.69. The zero-order valence-corrected chi connectivity index (χ0v) is 15.3. The molecule has 0 aromatic heterocycles. The van der Waals surface area contributed by atoms with Gasteiger partial charge in [0, 0.05) is 7.11 Å². The van der Waals surface area contributed by atoms with Crippen LogP contribution >= 0.6 is 0 Å². The number of benzene rings is 1. The molecule has 1 fully saturated rings. The second-order valence-electron chi connectivity index (χ2n) is 6.59. The normalized spacial score (nSPS) is 22.0. The highest BCUT2D eigenvalue weighted by Crippen LogP contribution is 2.29. The number of hydrogen-bond acceptors (Lipinski definition) is 5. The Kier molecular flexibility index (Phi) is 7.05. The first-order valence-electron chi connectivity index (χ1n) is 9.11. The van der Waals surface area contributed by atoms with Crippen molar-refractivity contribution in [2.24, 2.45) is 0 Å². The summed E-state index contributed by atoms with van der Waals surface area (Å²) in [4.78, 5) is 14.4. The minimum atomic E-state index is -0.265. The van der Waals surface area contributed by atoms with Gasteiger partial charge in [0.2, 0.25) is 0 Å². The summed E-state index contributed by atoms with van der Waals surface area (Å²) in [6, 6.07) is 9.72. The summed E-state index contributed by atoms with van der Waals surface area (Å²) >= 11 is 0. The van der Waals surface area contributed by atoms with Crippen molar-refractivity contribution in [1.82, 2.24) is 4.90 Å². The maximum Gasteiger partial charge on any atom is 0.411 e. The Balaban J connectivity index is 1.53. The fourth-order valence-electron chi connectivity index (χ4n) is 3.40. The number of ether oxygens (including phenoxy) is 4. The van der Waals surface area contributed by atoms with Crippen molar-refractivity contribution in [2.45, 2.75) is 31.5 Å². The van der Waals surface area contributed by atoms with Gasteiger partial charge in [0.05, 0.1) is 45.1 Å². The molecule has 0 N–H and O–H groups in total. The Morgan fingerprint density at radius 1 is 1.19 bits per heavy atom. The van der Waals surface area contributed by atoms with E-state index in [2.05, 4.69) is 6.08 Å². The molecule has 0 aliphatic carbocycles. The Labute approximate surface area is 154 Å². The second kappa shape index (κ2) is 9.71. The highest BCUT2D eigenvalue weighted by Gasteiger charge is 2.38. The molecule has 0 radical (unpaired) electrons. The number of rotatable bonds is 8. The molecule has 142 valence electrons. The molecule has 0 saturated carbocycles. The monoisotopic (exact) mass is 361 g/mol. The molecule has 1 aromatic carbocycles. The lowest BCUT2D eigenvalue weighted by Crippen LogP contribution is -2.56. The molecule has 1 amide bonds. The summed E-state index contributed by atoms with van der Waals surface area (Å²) in [5.74, 6) is 0. The molecule has 2 heterocycles. The van der Waals surface area contributed by atoms with Crippen molar-refractivity contribution in [3.05, 3.63) is 47.5 Å². The predicted molar refractivity (Wildman–Crippen MR) is 96.9 cm³/mol. The maximum atomic E-state index is 12.6. The van der Waals surface area contributed by atoms with Crippen molar-refractivity contribution in [2.75, 3.05) is 40.1 Å². The van der Waals surface area contributed by atoms with E-state index in [0.717, 1.165) is 18.4 Å². The van der Waals surface area contributed by atoms with E-state index in [9.17, 15) is 4.79 Å². The fourth-order valence-corrected chi connectivity index (χ4v) is 3.40. The van der Waals surface area contributed by atoms with Crippen LogP contribution in [-0.4, -0.2) is 63.2 Å². The van der Waals surface area contributed by atoms with Crippen LogP contribution in [0.1, 0.15) is 18.4 Å². The molecular weight excluding hydrogens is 334 g/mol. The lowest BCUT2D eigenvalue weighted by molar-refractivity contribution is -0.0380. The maximum absolute atomic E-state index is 12.6. The molecule has 2 unspecified atom stereocenters. The fraction of sp³-hybridized carbons (Fsp3) is 0.550. The molecule has 0 spiro atoms. The number of morpholine rings is 1. The third kappa shape index (κ3) is 5.06. The van der Waals surface area contributed by atoms with E-state index in [1.807, 2.05) is 35.2 Å². The number of carbonyl (C=O) groups is 1. The molecule has 26 heavy (non-hydrogen) atoms. The Morgan fingerprint density at radius 2 is 2.04 bits per heavy atom. The van der Waals surface area contributed by atoms with E-state index in [1.165, 1.54) is 5.57 Å². The van der Waals surface area contributed by atoms with E-state index in [1.54, 1.807) is 7.11 Å². The number of carbonyl (C=O) groups excluding carboxylic acids is 1. The van der Waals surface area contributed by atoms with Crippen LogP contribution < -0.4 is 0 Å². The summed E-state index contributed by atoms with van der Waals surface area (Å²) in [6.07, 6.45) is 3.56. The second-order valence-corrected chi connectivity index (χ2v) is 6.59. The highest BCUT2D eigenvalue weighted by atomic mass is 16.6. The minimum Gasteiger partial charge on any atom is -0.445 e. The van der Waals surface area contributed by atoms with E-state index in [-0.39, 0.29) is 18.2 Å². The number of methoxy groups -OCH3 is 1. The number of fused-ring (bicyclic) bond motifs is 2. The summed E-state index contributed by atoms with van der Waals surface area (Å²) in [5.41, 5.74) is 2.32. The lowest BCUT2D eigenvalue weighted by Gasteiger charge is -2.43. The van der Waals surface area contributed by atoms with E-state index < -0.39 is 0 Å². The van der Waals surface area contributed by atoms with E-state index in [0.29, 0.717) is 39.6 Å². The topological polar surface area (TPSA) is 57.2 Å². The van der Waals surface area contributed by atoms with Crippen molar-refractivity contribution in [3.63, 3.8) is 0 Å². The van der Waals surface area contributed by atoms with Crippen LogP contribution in [0.5, 0.6) is 0 Å². The van der Waals surface area contributed by atoms with Crippen LogP contribution in [-0.2, 0) is 25.6 Å². The molecule has 6 nitrogen and oxygen atoms in total. The van der Waals surface area contributed by atoms with Gasteiger partial charge in [-0.25, -0.2) is 4.79 Å². The van der Waals surface area contributed by atoms with Gasteiger partial charge in [0.15, 0.2) is 0 Å². The molecule has 1 saturated heterocycles. The van der Waals surface area contributed by atoms with Gasteiger partial charge in [-0.1, -0.05) is 42.0 Å². The van der Waals surface area contributed by atoms with Gasteiger partial charge in [-0.05, 0) is 18.4 Å². The Bertz CT molecular complexity index is 603. The lowest BCUT2D eigenvalue weighted by atomic mass is 9.93. The largest absolute Gasteiger partial charge is 0.445 e. The molecule has 2 bridgehead atoms. The van der Waals surface area contributed by atoms with Gasteiger partial charge in [-0.2, -0.15) is 0 Å². The Hall–Kier alpha value is -1.89. The summed E-state index contributed by atoms with van der Waals surface area (Å²) in [5, 5.41) is 0. The average molecular weight is 361 g/mol. The van der Waals surface area contributed by atoms with E-state index >= 15 is 0 Å². The first kappa shape index (κ1) is 18.9. The first-order chi connectivity index (χ1) is 12.8. The molecule has 2 atom stereocenters. The van der Waals surface area contributed by atoms with Gasteiger partial charge in [-0.15, -0.1) is 0 Å². The van der Waals surface area contributed by atoms with Crippen molar-refractivity contribution in [3.8, 4) is 0 Å².